The van der Waals surface area contributed by atoms with Gasteiger partial charge in [-0.15, -0.1) is 0 Å². The number of hydrogen-bond donors (Lipinski definition) is 2. The van der Waals surface area contributed by atoms with Gasteiger partial charge in [0.2, 0.25) is 5.91 Å². The Morgan fingerprint density at radius 2 is 1.47 bits per heavy atom. The van der Waals surface area contributed by atoms with Gasteiger partial charge in [0.05, 0.1) is 12.7 Å². The Morgan fingerprint density at radius 3 is 2.19 bits per heavy atom. The van der Waals surface area contributed by atoms with Gasteiger partial charge in [-0.25, -0.2) is 4.79 Å². The smallest absolute Gasteiger partial charge is 0.337 e. The Hall–Kier alpha value is -4.37. The van der Waals surface area contributed by atoms with Gasteiger partial charge in [0.1, 0.15) is 0 Å². The first-order valence-corrected chi connectivity index (χ1v) is 9.99. The number of carbonyl (C=O) groups is 3. The fraction of sp³-hybridized carbons (Fsp3) is 0.115. The van der Waals surface area contributed by atoms with E-state index in [-0.39, 0.29) is 24.8 Å². The SMILES string of the molecule is COC(=O)c1cccc(C#Cc2cccc(NC(=O)CCNC(=O)c3ccccc3)c2)c1. The maximum atomic E-state index is 12.2. The standard InChI is InChI=1S/C26H22N2O4/c1-32-26(31)22-11-5-7-19(17-22)13-14-20-8-6-12-23(18-20)28-24(29)15-16-27-25(30)21-9-3-2-4-10-21/h2-12,17-18H,15-16H2,1H3,(H,27,30)(H,28,29). The predicted molar refractivity (Wildman–Crippen MR) is 122 cm³/mol. The summed E-state index contributed by atoms with van der Waals surface area (Å²) in [6.07, 6.45) is 0.148. The maximum Gasteiger partial charge on any atom is 0.337 e. The van der Waals surface area contributed by atoms with E-state index in [9.17, 15) is 14.4 Å². The summed E-state index contributed by atoms with van der Waals surface area (Å²) in [6.45, 7) is 0.232. The summed E-state index contributed by atoms with van der Waals surface area (Å²) in [5.74, 6) is 5.18. The number of carbonyl (C=O) groups excluding carboxylic acids is 3. The highest BCUT2D eigenvalue weighted by atomic mass is 16.5. The van der Waals surface area contributed by atoms with Gasteiger partial charge in [0.15, 0.2) is 0 Å². The molecule has 0 aliphatic carbocycles. The minimum absolute atomic E-state index is 0.148. The molecule has 0 unspecified atom stereocenters. The average molecular weight is 426 g/mol. The minimum Gasteiger partial charge on any atom is -0.465 e. The molecule has 2 amide bonds. The zero-order chi connectivity index (χ0) is 22.8. The van der Waals surface area contributed by atoms with Crippen molar-refractivity contribution in [3.05, 3.63) is 101 Å². The third kappa shape index (κ3) is 6.57. The summed E-state index contributed by atoms with van der Waals surface area (Å²) in [5, 5.41) is 5.53. The maximum absolute atomic E-state index is 12.2. The second-order valence-corrected chi connectivity index (χ2v) is 6.82. The lowest BCUT2D eigenvalue weighted by molar-refractivity contribution is -0.116. The minimum atomic E-state index is -0.418. The molecule has 6 nitrogen and oxygen atoms in total. The van der Waals surface area contributed by atoms with Crippen LogP contribution < -0.4 is 10.6 Å². The highest BCUT2D eigenvalue weighted by Gasteiger charge is 2.07. The molecule has 0 aliphatic rings. The summed E-state index contributed by atoms with van der Waals surface area (Å²) >= 11 is 0. The number of rotatable bonds is 6. The van der Waals surface area contributed by atoms with Gasteiger partial charge < -0.3 is 15.4 Å². The first-order valence-electron chi connectivity index (χ1n) is 9.99. The molecule has 0 heterocycles. The third-order valence-electron chi connectivity index (χ3n) is 4.45. The molecule has 0 saturated heterocycles. The Balaban J connectivity index is 1.55. The van der Waals surface area contributed by atoms with Crippen molar-refractivity contribution in [2.75, 3.05) is 19.0 Å². The van der Waals surface area contributed by atoms with Crippen LogP contribution in [0.25, 0.3) is 0 Å². The molecule has 0 radical (unpaired) electrons. The molecule has 3 aromatic rings. The van der Waals surface area contributed by atoms with E-state index in [1.54, 1.807) is 66.7 Å². The highest BCUT2D eigenvalue weighted by molar-refractivity contribution is 5.95. The molecule has 0 fully saturated rings. The molecular formula is C26H22N2O4. The Kier molecular flexibility index (Phi) is 7.77. The van der Waals surface area contributed by atoms with Gasteiger partial charge >= 0.3 is 5.97 Å². The number of hydrogen-bond acceptors (Lipinski definition) is 4. The summed E-state index contributed by atoms with van der Waals surface area (Å²) in [5.41, 5.74) is 2.98. The van der Waals surface area contributed by atoms with Crippen LogP contribution >= 0.6 is 0 Å². The van der Waals surface area contributed by atoms with Crippen molar-refractivity contribution in [2.45, 2.75) is 6.42 Å². The van der Waals surface area contributed by atoms with Crippen LogP contribution in [0, 0.1) is 11.8 Å². The Labute approximate surface area is 186 Å². The van der Waals surface area contributed by atoms with E-state index < -0.39 is 5.97 Å². The van der Waals surface area contributed by atoms with Crippen molar-refractivity contribution in [3.63, 3.8) is 0 Å². The quantitative estimate of drug-likeness (QED) is 0.466. The van der Waals surface area contributed by atoms with E-state index in [0.717, 1.165) is 0 Å². The molecule has 3 rings (SSSR count). The number of anilines is 1. The van der Waals surface area contributed by atoms with E-state index in [2.05, 4.69) is 22.5 Å². The van der Waals surface area contributed by atoms with Crippen molar-refractivity contribution < 1.29 is 19.1 Å². The first kappa shape index (κ1) is 22.3. The second-order valence-electron chi connectivity index (χ2n) is 6.82. The molecular weight excluding hydrogens is 404 g/mol. The summed E-state index contributed by atoms with van der Waals surface area (Å²) in [4.78, 5) is 35.9. The molecule has 0 aliphatic heterocycles. The first-order chi connectivity index (χ1) is 15.5. The van der Waals surface area contributed by atoms with Crippen molar-refractivity contribution in [3.8, 4) is 11.8 Å². The van der Waals surface area contributed by atoms with E-state index >= 15 is 0 Å². The molecule has 3 aromatic carbocycles. The lowest BCUT2D eigenvalue weighted by Gasteiger charge is -2.07. The molecule has 160 valence electrons. The van der Waals surface area contributed by atoms with Gasteiger partial charge in [-0.05, 0) is 48.5 Å². The van der Waals surface area contributed by atoms with E-state index in [1.807, 2.05) is 12.1 Å². The molecule has 0 atom stereocenters. The fourth-order valence-corrected chi connectivity index (χ4v) is 2.87. The summed E-state index contributed by atoms with van der Waals surface area (Å²) < 4.78 is 4.72. The zero-order valence-corrected chi connectivity index (χ0v) is 17.6. The zero-order valence-electron chi connectivity index (χ0n) is 17.6. The second kappa shape index (κ2) is 11.1. The molecule has 0 aromatic heterocycles. The van der Waals surface area contributed by atoms with Gasteiger partial charge in [0.25, 0.3) is 5.91 Å². The monoisotopic (exact) mass is 426 g/mol. The topological polar surface area (TPSA) is 84.5 Å². The lowest BCUT2D eigenvalue weighted by atomic mass is 10.1. The predicted octanol–water partition coefficient (Wildman–Crippen LogP) is 3.63. The van der Waals surface area contributed by atoms with Crippen molar-refractivity contribution >= 4 is 23.5 Å². The van der Waals surface area contributed by atoms with Gasteiger partial charge in [-0.3, -0.25) is 9.59 Å². The van der Waals surface area contributed by atoms with E-state index in [1.165, 1.54) is 7.11 Å². The summed E-state index contributed by atoms with van der Waals surface area (Å²) in [7, 11) is 1.33. The normalized spacial score (nSPS) is 9.78. The van der Waals surface area contributed by atoms with Crippen molar-refractivity contribution in [2.24, 2.45) is 0 Å². The average Bonchev–Trinajstić information content (AvgIpc) is 2.83. The number of amides is 2. The molecule has 0 saturated carbocycles. The van der Waals surface area contributed by atoms with Crippen LogP contribution in [0.15, 0.2) is 78.9 Å². The highest BCUT2D eigenvalue weighted by Crippen LogP contribution is 2.11. The van der Waals surface area contributed by atoms with E-state index in [0.29, 0.717) is 27.9 Å². The molecule has 32 heavy (non-hydrogen) atoms. The molecule has 2 N–H and O–H groups in total. The largest absolute Gasteiger partial charge is 0.465 e. The number of nitrogens with one attached hydrogen (secondary N) is 2. The number of methoxy groups -OCH3 is 1. The lowest BCUT2D eigenvalue weighted by Crippen LogP contribution is -2.27. The van der Waals surface area contributed by atoms with Crippen LogP contribution in [-0.2, 0) is 9.53 Å². The fourth-order valence-electron chi connectivity index (χ4n) is 2.87. The Bertz CT molecular complexity index is 1180. The van der Waals surface area contributed by atoms with Crippen LogP contribution in [-0.4, -0.2) is 31.4 Å². The van der Waals surface area contributed by atoms with Crippen molar-refractivity contribution in [1.82, 2.24) is 5.32 Å². The van der Waals surface area contributed by atoms with Gasteiger partial charge in [-0.2, -0.15) is 0 Å². The molecule has 0 bridgehead atoms. The van der Waals surface area contributed by atoms with Gasteiger partial charge in [-0.1, -0.05) is 42.2 Å². The molecule has 6 heteroatoms. The van der Waals surface area contributed by atoms with Crippen LogP contribution in [0.4, 0.5) is 5.69 Å². The Morgan fingerprint density at radius 1 is 0.812 bits per heavy atom. The van der Waals surface area contributed by atoms with E-state index in [4.69, 9.17) is 4.74 Å². The van der Waals surface area contributed by atoms with Crippen LogP contribution in [0.3, 0.4) is 0 Å². The van der Waals surface area contributed by atoms with Crippen LogP contribution in [0.5, 0.6) is 0 Å². The molecule has 0 spiro atoms. The van der Waals surface area contributed by atoms with Crippen LogP contribution in [0.1, 0.15) is 38.3 Å². The third-order valence-corrected chi connectivity index (χ3v) is 4.45. The van der Waals surface area contributed by atoms with Crippen LogP contribution in [0.2, 0.25) is 0 Å². The van der Waals surface area contributed by atoms with Crippen molar-refractivity contribution in [1.29, 1.82) is 0 Å². The number of benzene rings is 3. The number of ether oxygens (including phenoxy) is 1. The number of esters is 1. The summed E-state index contributed by atoms with van der Waals surface area (Å²) in [6, 6.07) is 22.8. The van der Waals surface area contributed by atoms with Gasteiger partial charge in [0, 0.05) is 35.3 Å².